The van der Waals surface area contributed by atoms with Gasteiger partial charge in [-0.2, -0.15) is 5.10 Å². The molecular weight excluding hydrogens is 308 g/mol. The van der Waals surface area contributed by atoms with Crippen LogP contribution in [0.25, 0.3) is 21.5 Å². The van der Waals surface area contributed by atoms with E-state index in [4.69, 9.17) is 0 Å². The average Bonchev–Trinajstić information content (AvgIpc) is 2.60. The average molecular weight is 326 g/mol. The summed E-state index contributed by atoms with van der Waals surface area (Å²) < 4.78 is 0. The number of aryl methyl sites for hydroxylation is 2. The number of fused-ring (bicyclic) bond motifs is 2. The summed E-state index contributed by atoms with van der Waals surface area (Å²) in [7, 11) is 0. The monoisotopic (exact) mass is 326 g/mol. The van der Waals surface area contributed by atoms with Gasteiger partial charge in [0.25, 0.3) is 0 Å². The third-order valence-electron chi connectivity index (χ3n) is 4.15. The second-order valence-electron chi connectivity index (χ2n) is 6.08. The van der Waals surface area contributed by atoms with Crippen LogP contribution in [0.4, 0.5) is 5.95 Å². The maximum Gasteiger partial charge on any atom is 0.243 e. The highest BCUT2D eigenvalue weighted by atomic mass is 15.3. The van der Waals surface area contributed by atoms with Gasteiger partial charge in [-0.15, -0.1) is 0 Å². The molecule has 0 aliphatic heterocycles. The smallest absolute Gasteiger partial charge is 0.243 e. The van der Waals surface area contributed by atoms with E-state index < -0.39 is 0 Å². The Morgan fingerprint density at radius 3 is 1.96 bits per heavy atom. The summed E-state index contributed by atoms with van der Waals surface area (Å²) in [6, 6.07) is 20.9. The van der Waals surface area contributed by atoms with Crippen LogP contribution in [-0.4, -0.2) is 16.2 Å². The van der Waals surface area contributed by atoms with E-state index in [1.54, 1.807) is 0 Å². The normalized spacial score (nSPS) is 11.4. The number of aromatic nitrogens is 2. The summed E-state index contributed by atoms with van der Waals surface area (Å²) in [6.45, 7) is 3.89. The lowest BCUT2D eigenvalue weighted by Gasteiger charge is -2.08. The number of nitrogens with zero attached hydrogens (tertiary/aromatic N) is 3. The predicted octanol–water partition coefficient (Wildman–Crippen LogP) is 4.85. The molecule has 1 aromatic heterocycles. The molecule has 4 heteroatoms. The molecule has 0 spiro atoms. The molecular formula is C21H18N4. The molecule has 0 amide bonds. The molecule has 0 bridgehead atoms. The van der Waals surface area contributed by atoms with Crippen LogP contribution in [0.2, 0.25) is 0 Å². The Morgan fingerprint density at radius 1 is 0.800 bits per heavy atom. The van der Waals surface area contributed by atoms with Crippen molar-refractivity contribution in [3.8, 4) is 0 Å². The lowest BCUT2D eigenvalue weighted by Crippen LogP contribution is -2.00. The molecule has 25 heavy (non-hydrogen) atoms. The number of anilines is 1. The number of hydrogen-bond donors (Lipinski definition) is 1. The van der Waals surface area contributed by atoms with Gasteiger partial charge >= 0.3 is 0 Å². The second kappa shape index (κ2) is 6.32. The first-order valence-corrected chi connectivity index (χ1v) is 8.22. The summed E-state index contributed by atoms with van der Waals surface area (Å²) in [5, 5.41) is 9.14. The maximum absolute atomic E-state index is 4.39. The Hall–Kier alpha value is -3.27. The third kappa shape index (κ3) is 3.06. The Balaban J connectivity index is 1.79. The summed E-state index contributed by atoms with van der Waals surface area (Å²) in [5.74, 6) is 0.512. The Morgan fingerprint density at radius 2 is 1.36 bits per heavy atom. The van der Waals surface area contributed by atoms with Crippen LogP contribution in [0.15, 0.2) is 65.8 Å². The molecule has 0 saturated heterocycles. The van der Waals surface area contributed by atoms with Gasteiger partial charge in [0, 0.05) is 17.0 Å². The van der Waals surface area contributed by atoms with Crippen LogP contribution in [0, 0.1) is 13.8 Å². The Labute approximate surface area is 146 Å². The SMILES string of the molecule is Cc1cc(C)nc(N/N=C/c2c3ccccc3cc3ccccc23)n1. The van der Waals surface area contributed by atoms with Gasteiger partial charge in [-0.3, -0.25) is 0 Å². The van der Waals surface area contributed by atoms with Gasteiger partial charge in [-0.1, -0.05) is 48.5 Å². The van der Waals surface area contributed by atoms with E-state index in [-0.39, 0.29) is 0 Å². The molecule has 0 unspecified atom stereocenters. The minimum Gasteiger partial charge on any atom is -0.245 e. The molecule has 0 fully saturated rings. The first-order valence-electron chi connectivity index (χ1n) is 8.22. The van der Waals surface area contributed by atoms with Gasteiger partial charge in [0.2, 0.25) is 5.95 Å². The van der Waals surface area contributed by atoms with Gasteiger partial charge in [-0.25, -0.2) is 15.4 Å². The van der Waals surface area contributed by atoms with Crippen molar-refractivity contribution in [2.45, 2.75) is 13.8 Å². The van der Waals surface area contributed by atoms with Crippen LogP contribution in [0.5, 0.6) is 0 Å². The summed E-state index contributed by atoms with van der Waals surface area (Å²) in [6.07, 6.45) is 1.85. The summed E-state index contributed by atoms with van der Waals surface area (Å²) in [5.41, 5.74) is 5.87. The number of nitrogens with one attached hydrogen (secondary N) is 1. The van der Waals surface area contributed by atoms with Crippen LogP contribution >= 0.6 is 0 Å². The van der Waals surface area contributed by atoms with Crippen molar-refractivity contribution in [2.24, 2.45) is 5.10 Å². The minimum absolute atomic E-state index is 0.512. The van der Waals surface area contributed by atoms with E-state index in [2.05, 4.69) is 75.1 Å². The molecule has 4 nitrogen and oxygen atoms in total. The van der Waals surface area contributed by atoms with Crippen molar-refractivity contribution in [1.29, 1.82) is 0 Å². The maximum atomic E-state index is 4.39. The third-order valence-corrected chi connectivity index (χ3v) is 4.15. The highest BCUT2D eigenvalue weighted by Crippen LogP contribution is 2.27. The first kappa shape index (κ1) is 15.3. The highest BCUT2D eigenvalue weighted by molar-refractivity contribution is 6.13. The Kier molecular flexibility index (Phi) is 3.86. The number of benzene rings is 3. The van der Waals surface area contributed by atoms with Crippen molar-refractivity contribution < 1.29 is 0 Å². The fourth-order valence-electron chi connectivity index (χ4n) is 3.12. The van der Waals surface area contributed by atoms with Crippen LogP contribution in [-0.2, 0) is 0 Å². The van der Waals surface area contributed by atoms with Crippen molar-refractivity contribution in [3.63, 3.8) is 0 Å². The van der Waals surface area contributed by atoms with Gasteiger partial charge in [0.1, 0.15) is 0 Å². The first-order chi connectivity index (χ1) is 12.2. The van der Waals surface area contributed by atoms with E-state index in [1.165, 1.54) is 21.5 Å². The molecule has 0 saturated carbocycles. The zero-order valence-electron chi connectivity index (χ0n) is 14.2. The van der Waals surface area contributed by atoms with Crippen molar-refractivity contribution >= 4 is 33.7 Å². The second-order valence-corrected chi connectivity index (χ2v) is 6.08. The molecule has 0 radical (unpaired) electrons. The zero-order chi connectivity index (χ0) is 17.2. The molecule has 4 rings (SSSR count). The van der Waals surface area contributed by atoms with Crippen LogP contribution in [0.1, 0.15) is 17.0 Å². The predicted molar refractivity (Wildman–Crippen MR) is 104 cm³/mol. The van der Waals surface area contributed by atoms with Crippen LogP contribution < -0.4 is 5.43 Å². The highest BCUT2D eigenvalue weighted by Gasteiger charge is 2.05. The molecule has 3 aromatic carbocycles. The van der Waals surface area contributed by atoms with Crippen LogP contribution in [0.3, 0.4) is 0 Å². The molecule has 0 aliphatic carbocycles. The topological polar surface area (TPSA) is 50.2 Å². The van der Waals surface area contributed by atoms with E-state index in [0.29, 0.717) is 5.95 Å². The lowest BCUT2D eigenvalue weighted by molar-refractivity contribution is 1.04. The molecule has 122 valence electrons. The van der Waals surface area contributed by atoms with Crippen molar-refractivity contribution in [2.75, 3.05) is 5.43 Å². The fourth-order valence-corrected chi connectivity index (χ4v) is 3.12. The van der Waals surface area contributed by atoms with Gasteiger partial charge < -0.3 is 0 Å². The quantitative estimate of drug-likeness (QED) is 0.333. The fraction of sp³-hybridized carbons (Fsp3) is 0.0952. The number of hydrogen-bond acceptors (Lipinski definition) is 4. The summed E-state index contributed by atoms with van der Waals surface area (Å²) >= 11 is 0. The molecule has 0 atom stereocenters. The lowest BCUT2D eigenvalue weighted by atomic mass is 9.97. The standard InChI is InChI=1S/C21H18N4/c1-14-11-15(2)24-21(23-14)25-22-13-20-18-9-5-3-7-16(18)12-17-8-4-6-10-19(17)20/h3-13H,1-2H3,(H,23,24,25)/b22-13+. The van der Waals surface area contributed by atoms with Gasteiger partial charge in [0.05, 0.1) is 6.21 Å². The number of rotatable bonds is 3. The minimum atomic E-state index is 0.512. The van der Waals surface area contributed by atoms with Gasteiger partial charge in [0.15, 0.2) is 0 Å². The van der Waals surface area contributed by atoms with E-state index in [0.717, 1.165) is 17.0 Å². The number of hydrazone groups is 1. The zero-order valence-corrected chi connectivity index (χ0v) is 14.2. The molecule has 1 heterocycles. The van der Waals surface area contributed by atoms with Crippen molar-refractivity contribution in [1.82, 2.24) is 9.97 Å². The molecule has 0 aliphatic rings. The van der Waals surface area contributed by atoms with E-state index in [1.807, 2.05) is 26.1 Å². The van der Waals surface area contributed by atoms with E-state index in [9.17, 15) is 0 Å². The van der Waals surface area contributed by atoms with Gasteiger partial charge in [-0.05, 0) is 47.5 Å². The van der Waals surface area contributed by atoms with Crippen molar-refractivity contribution in [3.05, 3.63) is 77.6 Å². The molecule has 1 N–H and O–H groups in total. The van der Waals surface area contributed by atoms with E-state index >= 15 is 0 Å². The largest absolute Gasteiger partial charge is 0.245 e. The summed E-state index contributed by atoms with van der Waals surface area (Å²) in [4.78, 5) is 8.71. The molecule has 4 aromatic rings. The Bertz CT molecular complexity index is 1030.